The van der Waals surface area contributed by atoms with E-state index >= 15 is 0 Å². The number of hydrogen-bond acceptors (Lipinski definition) is 4. The van der Waals surface area contributed by atoms with E-state index in [1.165, 1.54) is 22.8 Å². The van der Waals surface area contributed by atoms with Crippen LogP contribution in [-0.2, 0) is 16.4 Å². The van der Waals surface area contributed by atoms with Crippen molar-refractivity contribution in [3.05, 3.63) is 58.0 Å². The summed E-state index contributed by atoms with van der Waals surface area (Å²) in [5, 5.41) is 2.56. The number of anilines is 2. The van der Waals surface area contributed by atoms with Gasteiger partial charge >= 0.3 is 0 Å². The molecule has 2 aromatic rings. The van der Waals surface area contributed by atoms with Gasteiger partial charge in [0.05, 0.1) is 11.9 Å². The Balaban J connectivity index is 1.90. The maximum atomic E-state index is 12.3. The maximum absolute atomic E-state index is 12.3. The number of carbonyl (C=O) groups is 1. The Bertz CT molecular complexity index is 965. The smallest absolute Gasteiger partial charge is 0.271 e. The highest BCUT2D eigenvalue weighted by Gasteiger charge is 2.32. The number of H-pyrrole nitrogens is 1. The summed E-state index contributed by atoms with van der Waals surface area (Å²) in [6, 6.07) is 7.79. The minimum atomic E-state index is -3.37. The van der Waals surface area contributed by atoms with Crippen molar-refractivity contribution >= 4 is 27.3 Å². The average Bonchev–Trinajstić information content (AvgIpc) is 2.84. The average molecular weight is 347 g/mol. The van der Waals surface area contributed by atoms with E-state index in [4.69, 9.17) is 0 Å². The Morgan fingerprint density at radius 1 is 1.33 bits per heavy atom. The molecule has 3 rings (SSSR count). The van der Waals surface area contributed by atoms with Crippen LogP contribution in [0.15, 0.2) is 41.3 Å². The molecule has 24 heavy (non-hydrogen) atoms. The zero-order chi connectivity index (χ0) is 17.5. The van der Waals surface area contributed by atoms with E-state index in [1.54, 1.807) is 24.3 Å². The van der Waals surface area contributed by atoms with Crippen LogP contribution < -0.4 is 15.2 Å². The van der Waals surface area contributed by atoms with Crippen molar-refractivity contribution in [3.8, 4) is 0 Å². The van der Waals surface area contributed by atoms with Crippen LogP contribution in [-0.4, -0.2) is 31.6 Å². The molecule has 1 atom stereocenters. The molecule has 1 aromatic heterocycles. The number of aromatic amines is 1. The molecule has 1 amide bonds. The summed E-state index contributed by atoms with van der Waals surface area (Å²) in [5.74, 6) is -0.417. The van der Waals surface area contributed by atoms with Crippen LogP contribution in [0.3, 0.4) is 0 Å². The zero-order valence-electron chi connectivity index (χ0n) is 13.2. The predicted molar refractivity (Wildman–Crippen MR) is 91.9 cm³/mol. The predicted octanol–water partition coefficient (Wildman–Crippen LogP) is 1.34. The molecule has 1 aliphatic rings. The highest BCUT2D eigenvalue weighted by atomic mass is 32.2. The molecule has 0 saturated carbocycles. The van der Waals surface area contributed by atoms with E-state index in [2.05, 4.69) is 10.3 Å². The zero-order valence-corrected chi connectivity index (χ0v) is 14.1. The molecule has 2 N–H and O–H groups in total. The second-order valence-corrected chi connectivity index (χ2v) is 7.68. The third-order valence-electron chi connectivity index (χ3n) is 3.92. The number of amides is 1. The third kappa shape index (κ3) is 2.92. The van der Waals surface area contributed by atoms with Crippen LogP contribution in [0, 0.1) is 0 Å². The van der Waals surface area contributed by atoms with Crippen molar-refractivity contribution in [2.24, 2.45) is 0 Å². The van der Waals surface area contributed by atoms with Gasteiger partial charge in [-0.15, -0.1) is 0 Å². The lowest BCUT2D eigenvalue weighted by atomic mass is 10.1. The fourth-order valence-electron chi connectivity index (χ4n) is 2.96. The van der Waals surface area contributed by atoms with Crippen molar-refractivity contribution in [1.82, 2.24) is 4.98 Å². The first-order chi connectivity index (χ1) is 11.3. The first-order valence-electron chi connectivity index (χ1n) is 7.39. The van der Waals surface area contributed by atoms with Gasteiger partial charge in [-0.25, -0.2) is 8.42 Å². The number of sulfonamides is 1. The van der Waals surface area contributed by atoms with Crippen molar-refractivity contribution in [2.75, 3.05) is 15.9 Å². The minimum absolute atomic E-state index is 0.161. The Morgan fingerprint density at radius 2 is 2.08 bits per heavy atom. The highest BCUT2D eigenvalue weighted by molar-refractivity contribution is 7.92. The lowest BCUT2D eigenvalue weighted by molar-refractivity contribution is 0.102. The summed E-state index contributed by atoms with van der Waals surface area (Å²) in [4.78, 5) is 26.4. The van der Waals surface area contributed by atoms with Crippen LogP contribution in [0.2, 0.25) is 0 Å². The summed E-state index contributed by atoms with van der Waals surface area (Å²) in [6.07, 6.45) is 3.19. The first kappa shape index (κ1) is 16.3. The molecular weight excluding hydrogens is 330 g/mol. The van der Waals surface area contributed by atoms with E-state index in [9.17, 15) is 18.0 Å². The molecule has 1 aromatic carbocycles. The van der Waals surface area contributed by atoms with Gasteiger partial charge in [0.25, 0.3) is 11.5 Å². The first-order valence-corrected chi connectivity index (χ1v) is 9.23. The molecule has 0 saturated heterocycles. The summed E-state index contributed by atoms with van der Waals surface area (Å²) in [5.41, 5.74) is 1.54. The lowest BCUT2D eigenvalue weighted by Gasteiger charge is -2.21. The molecule has 126 valence electrons. The van der Waals surface area contributed by atoms with E-state index in [1.807, 2.05) is 6.92 Å². The molecule has 0 bridgehead atoms. The van der Waals surface area contributed by atoms with Crippen molar-refractivity contribution in [2.45, 2.75) is 19.4 Å². The normalized spacial score (nSPS) is 16.8. The van der Waals surface area contributed by atoms with Crippen LogP contribution >= 0.6 is 0 Å². The Hall–Kier alpha value is -2.61. The quantitative estimate of drug-likeness (QED) is 0.875. The van der Waals surface area contributed by atoms with E-state index < -0.39 is 15.9 Å². The Morgan fingerprint density at radius 3 is 2.75 bits per heavy atom. The number of nitrogens with one attached hydrogen (secondary N) is 2. The fourth-order valence-corrected chi connectivity index (χ4v) is 4.23. The number of pyridine rings is 1. The molecule has 7 nitrogen and oxygen atoms in total. The van der Waals surface area contributed by atoms with Gasteiger partial charge in [-0.05, 0) is 49.2 Å². The fraction of sp³-hybridized carbons (Fsp3) is 0.250. The number of aromatic nitrogens is 1. The van der Waals surface area contributed by atoms with Crippen LogP contribution in [0.5, 0.6) is 0 Å². The van der Waals surface area contributed by atoms with E-state index in [0.717, 1.165) is 5.56 Å². The van der Waals surface area contributed by atoms with Gasteiger partial charge in [0, 0.05) is 17.8 Å². The van der Waals surface area contributed by atoms with E-state index in [-0.39, 0.29) is 17.3 Å². The number of benzene rings is 1. The molecule has 0 spiro atoms. The van der Waals surface area contributed by atoms with Gasteiger partial charge in [0.15, 0.2) is 0 Å². The molecule has 1 aliphatic heterocycles. The van der Waals surface area contributed by atoms with Crippen molar-refractivity contribution in [3.63, 3.8) is 0 Å². The van der Waals surface area contributed by atoms with Gasteiger partial charge in [-0.3, -0.25) is 13.9 Å². The number of hydrogen-bond donors (Lipinski definition) is 2. The number of carbonyl (C=O) groups excluding carboxylic acids is 1. The maximum Gasteiger partial charge on any atom is 0.271 e. The second-order valence-electron chi connectivity index (χ2n) is 5.82. The van der Waals surface area contributed by atoms with Gasteiger partial charge in [0.1, 0.15) is 5.69 Å². The van der Waals surface area contributed by atoms with Gasteiger partial charge in [-0.2, -0.15) is 0 Å². The van der Waals surface area contributed by atoms with Gasteiger partial charge in [-0.1, -0.05) is 0 Å². The molecule has 0 radical (unpaired) electrons. The standard InChI is InChI=1S/C16H17N3O4S/c1-10-8-12-9-11(5-6-14(12)19(10)24(2,22)23)15(20)18-13-4-3-7-17-16(13)21/h3-7,9-10H,8H2,1-2H3,(H,17,21)(H,18,20)/t10-/m0/s1. The van der Waals surface area contributed by atoms with Gasteiger partial charge in [0.2, 0.25) is 10.0 Å². The van der Waals surface area contributed by atoms with Crippen molar-refractivity contribution in [1.29, 1.82) is 0 Å². The monoisotopic (exact) mass is 347 g/mol. The molecule has 2 heterocycles. The summed E-state index contributed by atoms with van der Waals surface area (Å²) < 4.78 is 25.2. The summed E-state index contributed by atoms with van der Waals surface area (Å²) >= 11 is 0. The lowest BCUT2D eigenvalue weighted by Crippen LogP contribution is -2.34. The molecule has 0 unspecified atom stereocenters. The Kier molecular flexibility index (Phi) is 3.92. The minimum Gasteiger partial charge on any atom is -0.327 e. The second kappa shape index (κ2) is 5.79. The van der Waals surface area contributed by atoms with Crippen LogP contribution in [0.1, 0.15) is 22.8 Å². The van der Waals surface area contributed by atoms with E-state index in [0.29, 0.717) is 17.7 Å². The largest absolute Gasteiger partial charge is 0.327 e. The van der Waals surface area contributed by atoms with Gasteiger partial charge < -0.3 is 10.3 Å². The van der Waals surface area contributed by atoms with Crippen LogP contribution in [0.25, 0.3) is 0 Å². The highest BCUT2D eigenvalue weighted by Crippen LogP contribution is 2.34. The summed E-state index contributed by atoms with van der Waals surface area (Å²) in [6.45, 7) is 1.82. The molecular formula is C16H17N3O4S. The topological polar surface area (TPSA) is 99.3 Å². The number of nitrogens with zero attached hydrogens (tertiary/aromatic N) is 1. The van der Waals surface area contributed by atoms with Crippen molar-refractivity contribution < 1.29 is 13.2 Å². The molecule has 0 fully saturated rings. The third-order valence-corrected chi connectivity index (χ3v) is 5.19. The number of rotatable bonds is 3. The SMILES string of the molecule is C[C@H]1Cc2cc(C(=O)Nc3ccc[nH]c3=O)ccc2N1S(C)(=O)=O. The molecule has 0 aliphatic carbocycles. The number of fused-ring (bicyclic) bond motifs is 1. The Labute approximate surface area is 139 Å². The van der Waals surface area contributed by atoms with Crippen LogP contribution in [0.4, 0.5) is 11.4 Å². The summed E-state index contributed by atoms with van der Waals surface area (Å²) in [7, 11) is -3.37. The molecule has 8 heteroatoms.